The maximum absolute atomic E-state index is 5.97. The molecule has 0 saturated carbocycles. The summed E-state index contributed by atoms with van der Waals surface area (Å²) in [4.78, 5) is 2.45. The highest BCUT2D eigenvalue weighted by Gasteiger charge is 2.31. The standard InChI is InChI=1S/C22H25NO2/c1-23-20-11-19(12-21(23)16-24-15-20)10-18-8-5-9-22(13-18)25-14-17-6-3-2-4-7-17/h2-9,11,13,20-21H,10,12,14-16H2,1H3. The Morgan fingerprint density at radius 2 is 1.88 bits per heavy atom. The van der Waals surface area contributed by atoms with E-state index in [1.165, 1.54) is 16.7 Å². The highest BCUT2D eigenvalue weighted by Crippen LogP contribution is 2.28. The van der Waals surface area contributed by atoms with E-state index in [-0.39, 0.29) is 0 Å². The number of nitrogens with zero attached hydrogens (tertiary/aromatic N) is 1. The predicted octanol–water partition coefficient (Wildman–Crippen LogP) is 3.84. The van der Waals surface area contributed by atoms with Crippen molar-refractivity contribution in [2.24, 2.45) is 0 Å². The lowest BCUT2D eigenvalue weighted by atomic mass is 9.91. The first kappa shape index (κ1) is 16.4. The van der Waals surface area contributed by atoms with E-state index in [0.29, 0.717) is 18.7 Å². The zero-order valence-corrected chi connectivity index (χ0v) is 14.7. The predicted molar refractivity (Wildman–Crippen MR) is 99.8 cm³/mol. The molecule has 2 aromatic carbocycles. The number of fused-ring (bicyclic) bond motifs is 2. The van der Waals surface area contributed by atoms with Gasteiger partial charge in [0.25, 0.3) is 0 Å². The van der Waals surface area contributed by atoms with Crippen LogP contribution in [0, 0.1) is 0 Å². The Hall–Kier alpha value is -2.10. The van der Waals surface area contributed by atoms with Crippen LogP contribution in [0.5, 0.6) is 5.75 Å². The number of hydrogen-bond donors (Lipinski definition) is 0. The lowest BCUT2D eigenvalue weighted by Gasteiger charge is -2.42. The summed E-state index contributed by atoms with van der Waals surface area (Å²) < 4.78 is 11.7. The SMILES string of the molecule is CN1C2C=C(Cc3cccc(OCc4ccccc4)c3)CC1COC2. The van der Waals surface area contributed by atoms with Gasteiger partial charge < -0.3 is 9.47 Å². The van der Waals surface area contributed by atoms with Crippen LogP contribution in [0.15, 0.2) is 66.2 Å². The van der Waals surface area contributed by atoms with Crippen molar-refractivity contribution >= 4 is 0 Å². The third-order valence-electron chi connectivity index (χ3n) is 5.20. The third kappa shape index (κ3) is 3.94. The first-order valence-corrected chi connectivity index (χ1v) is 9.03. The summed E-state index contributed by atoms with van der Waals surface area (Å²) >= 11 is 0. The average molecular weight is 335 g/mol. The second-order valence-electron chi connectivity index (χ2n) is 7.05. The zero-order valence-electron chi connectivity index (χ0n) is 14.7. The molecule has 0 radical (unpaired) electrons. The first-order valence-electron chi connectivity index (χ1n) is 9.03. The molecule has 2 aromatic rings. The van der Waals surface area contributed by atoms with E-state index >= 15 is 0 Å². The summed E-state index contributed by atoms with van der Waals surface area (Å²) in [6.07, 6.45) is 4.50. The number of ether oxygens (including phenoxy) is 2. The molecule has 2 atom stereocenters. The average Bonchev–Trinajstić information content (AvgIpc) is 2.62. The van der Waals surface area contributed by atoms with Crippen LogP contribution >= 0.6 is 0 Å². The molecule has 2 aliphatic rings. The van der Waals surface area contributed by atoms with E-state index in [0.717, 1.165) is 31.8 Å². The summed E-state index contributed by atoms with van der Waals surface area (Å²) in [5.41, 5.74) is 4.04. The lowest BCUT2D eigenvalue weighted by molar-refractivity contribution is -0.0260. The molecule has 0 spiro atoms. The smallest absolute Gasteiger partial charge is 0.120 e. The molecule has 130 valence electrons. The van der Waals surface area contributed by atoms with Crippen molar-refractivity contribution in [2.75, 3.05) is 20.3 Å². The van der Waals surface area contributed by atoms with Gasteiger partial charge in [0.2, 0.25) is 0 Å². The highest BCUT2D eigenvalue weighted by atomic mass is 16.5. The summed E-state index contributed by atoms with van der Waals surface area (Å²) in [6.45, 7) is 2.28. The molecule has 0 aliphatic carbocycles. The second kappa shape index (κ2) is 7.42. The zero-order chi connectivity index (χ0) is 17.1. The number of rotatable bonds is 5. The molecule has 1 fully saturated rings. The maximum Gasteiger partial charge on any atom is 0.120 e. The van der Waals surface area contributed by atoms with Crippen LogP contribution in [-0.2, 0) is 17.8 Å². The molecule has 2 unspecified atom stereocenters. The van der Waals surface area contributed by atoms with Gasteiger partial charge in [0.15, 0.2) is 0 Å². The van der Waals surface area contributed by atoms with Gasteiger partial charge in [0.05, 0.1) is 19.3 Å². The summed E-state index contributed by atoms with van der Waals surface area (Å²) in [5, 5.41) is 0. The van der Waals surface area contributed by atoms with Crippen LogP contribution in [0.3, 0.4) is 0 Å². The van der Waals surface area contributed by atoms with Gasteiger partial charge in [-0.05, 0) is 43.1 Å². The summed E-state index contributed by atoms with van der Waals surface area (Å²) in [6, 6.07) is 19.8. The highest BCUT2D eigenvalue weighted by molar-refractivity contribution is 5.33. The monoisotopic (exact) mass is 335 g/mol. The van der Waals surface area contributed by atoms with Crippen molar-refractivity contribution in [1.82, 2.24) is 4.90 Å². The van der Waals surface area contributed by atoms with Crippen LogP contribution in [0.4, 0.5) is 0 Å². The van der Waals surface area contributed by atoms with Gasteiger partial charge in [-0.15, -0.1) is 0 Å². The molecule has 4 rings (SSSR count). The quantitative estimate of drug-likeness (QED) is 0.775. The van der Waals surface area contributed by atoms with E-state index in [9.17, 15) is 0 Å². The maximum atomic E-state index is 5.97. The largest absolute Gasteiger partial charge is 0.489 e. The van der Waals surface area contributed by atoms with E-state index in [1.807, 2.05) is 24.3 Å². The Balaban J connectivity index is 1.41. The van der Waals surface area contributed by atoms with Crippen molar-refractivity contribution in [1.29, 1.82) is 0 Å². The Morgan fingerprint density at radius 3 is 2.72 bits per heavy atom. The molecular formula is C22H25NO2. The first-order chi connectivity index (χ1) is 12.3. The minimum Gasteiger partial charge on any atom is -0.489 e. The second-order valence-corrected chi connectivity index (χ2v) is 7.05. The third-order valence-corrected chi connectivity index (χ3v) is 5.20. The lowest BCUT2D eigenvalue weighted by Crippen LogP contribution is -2.51. The molecule has 0 N–H and O–H groups in total. The van der Waals surface area contributed by atoms with Crippen LogP contribution in [0.1, 0.15) is 17.5 Å². The molecule has 3 heteroatoms. The van der Waals surface area contributed by atoms with Crippen molar-refractivity contribution in [3.63, 3.8) is 0 Å². The minimum absolute atomic E-state index is 0.431. The topological polar surface area (TPSA) is 21.7 Å². The molecule has 0 amide bonds. The van der Waals surface area contributed by atoms with Crippen LogP contribution in [0.2, 0.25) is 0 Å². The van der Waals surface area contributed by atoms with E-state index in [4.69, 9.17) is 9.47 Å². The molecule has 2 bridgehead atoms. The fraction of sp³-hybridized carbons (Fsp3) is 0.364. The van der Waals surface area contributed by atoms with Crippen LogP contribution in [-0.4, -0.2) is 37.2 Å². The molecule has 25 heavy (non-hydrogen) atoms. The Labute approximate surface area is 149 Å². The Kier molecular flexibility index (Phi) is 4.86. The van der Waals surface area contributed by atoms with Gasteiger partial charge in [-0.2, -0.15) is 0 Å². The van der Waals surface area contributed by atoms with Gasteiger partial charge in [-0.25, -0.2) is 0 Å². The normalized spacial score (nSPS) is 23.2. The molecule has 2 heterocycles. The van der Waals surface area contributed by atoms with Crippen molar-refractivity contribution < 1.29 is 9.47 Å². The molecule has 1 saturated heterocycles. The number of likely N-dealkylation sites (N-methyl/N-ethyl adjacent to an activating group) is 1. The van der Waals surface area contributed by atoms with Gasteiger partial charge in [0, 0.05) is 6.04 Å². The van der Waals surface area contributed by atoms with Gasteiger partial charge >= 0.3 is 0 Å². The molecule has 3 nitrogen and oxygen atoms in total. The molecule has 0 aromatic heterocycles. The molecule has 2 aliphatic heterocycles. The number of benzene rings is 2. The van der Waals surface area contributed by atoms with Gasteiger partial charge in [-0.3, -0.25) is 4.90 Å². The Bertz CT molecular complexity index is 741. The number of hydrogen-bond acceptors (Lipinski definition) is 3. The van der Waals surface area contributed by atoms with Gasteiger partial charge in [-0.1, -0.05) is 54.1 Å². The van der Waals surface area contributed by atoms with E-state index in [2.05, 4.69) is 48.4 Å². The summed E-state index contributed by atoms with van der Waals surface area (Å²) in [7, 11) is 2.21. The van der Waals surface area contributed by atoms with Crippen molar-refractivity contribution in [3.8, 4) is 5.75 Å². The van der Waals surface area contributed by atoms with Crippen LogP contribution < -0.4 is 4.74 Å². The summed E-state index contributed by atoms with van der Waals surface area (Å²) in [5.74, 6) is 0.943. The van der Waals surface area contributed by atoms with E-state index < -0.39 is 0 Å². The number of morpholine rings is 1. The van der Waals surface area contributed by atoms with Crippen LogP contribution in [0.25, 0.3) is 0 Å². The van der Waals surface area contributed by atoms with E-state index in [1.54, 1.807) is 0 Å². The fourth-order valence-electron chi connectivity index (χ4n) is 3.72. The van der Waals surface area contributed by atoms with Crippen molar-refractivity contribution in [3.05, 3.63) is 77.4 Å². The fourth-order valence-corrected chi connectivity index (χ4v) is 3.72. The minimum atomic E-state index is 0.431. The van der Waals surface area contributed by atoms with Gasteiger partial charge in [0.1, 0.15) is 12.4 Å². The molecular weight excluding hydrogens is 310 g/mol. The van der Waals surface area contributed by atoms with Crippen molar-refractivity contribution in [2.45, 2.75) is 31.5 Å². The Morgan fingerprint density at radius 1 is 1.04 bits per heavy atom.